The van der Waals surface area contributed by atoms with Crippen molar-refractivity contribution in [2.75, 3.05) is 6.61 Å². The van der Waals surface area contributed by atoms with E-state index in [1.807, 2.05) is 0 Å². The minimum absolute atomic E-state index is 0.000527. The van der Waals surface area contributed by atoms with Crippen LogP contribution in [0.15, 0.2) is 36.4 Å². The van der Waals surface area contributed by atoms with Crippen LogP contribution in [0.3, 0.4) is 0 Å². The highest BCUT2D eigenvalue weighted by Crippen LogP contribution is 2.17. The summed E-state index contributed by atoms with van der Waals surface area (Å²) in [6.07, 6.45) is 0.337. The number of carbonyl (C=O) groups excluding carboxylic acids is 1. The molecule has 134 valence electrons. The largest absolute Gasteiger partial charge is 0.488 e. The Balaban J connectivity index is 1.76. The molecule has 0 bridgehead atoms. The number of benzene rings is 2. The third-order valence-corrected chi connectivity index (χ3v) is 3.41. The summed E-state index contributed by atoms with van der Waals surface area (Å²) in [6.45, 7) is 1.66. The molecule has 2 rings (SSSR count). The molecule has 0 spiro atoms. The molecule has 1 atom stereocenters. The molecule has 1 N–H and O–H groups in total. The lowest BCUT2D eigenvalue weighted by molar-refractivity contribution is -0.121. The van der Waals surface area contributed by atoms with E-state index in [0.29, 0.717) is 11.6 Å². The average molecular weight is 355 g/mol. The van der Waals surface area contributed by atoms with E-state index in [1.54, 1.807) is 6.92 Å². The standard InChI is InChI=1S/C18H17F4NO2/c1-11(10-25-17-6-4-13(19)9-16(17)22)23-18(24)7-3-12-2-5-14(20)15(21)8-12/h2,4-6,8-9,11H,3,7,10H2,1H3,(H,23,24). The summed E-state index contributed by atoms with van der Waals surface area (Å²) in [5, 5.41) is 2.65. The van der Waals surface area contributed by atoms with Gasteiger partial charge in [0.2, 0.25) is 5.91 Å². The fraction of sp³-hybridized carbons (Fsp3) is 0.278. The SMILES string of the molecule is CC(COc1ccc(F)cc1F)NC(=O)CCc1ccc(F)c(F)c1. The minimum Gasteiger partial charge on any atom is -0.488 e. The van der Waals surface area contributed by atoms with Crippen LogP contribution in [-0.2, 0) is 11.2 Å². The second-order valence-corrected chi connectivity index (χ2v) is 5.60. The Morgan fingerprint density at radius 3 is 2.48 bits per heavy atom. The van der Waals surface area contributed by atoms with Crippen molar-refractivity contribution in [1.29, 1.82) is 0 Å². The van der Waals surface area contributed by atoms with E-state index >= 15 is 0 Å². The highest BCUT2D eigenvalue weighted by molar-refractivity contribution is 5.76. The molecular weight excluding hydrogens is 338 g/mol. The summed E-state index contributed by atoms with van der Waals surface area (Å²) in [7, 11) is 0. The third kappa shape index (κ3) is 5.77. The summed E-state index contributed by atoms with van der Waals surface area (Å²) in [6, 6.07) is 6.01. The minimum atomic E-state index is -0.957. The molecule has 0 saturated heterocycles. The molecule has 25 heavy (non-hydrogen) atoms. The lowest BCUT2D eigenvalue weighted by Gasteiger charge is -2.15. The van der Waals surface area contributed by atoms with Crippen LogP contribution in [-0.4, -0.2) is 18.6 Å². The van der Waals surface area contributed by atoms with Crippen molar-refractivity contribution in [1.82, 2.24) is 5.32 Å². The second kappa shape index (κ2) is 8.50. The lowest BCUT2D eigenvalue weighted by atomic mass is 10.1. The number of rotatable bonds is 7. The molecule has 1 unspecified atom stereocenters. The zero-order valence-electron chi connectivity index (χ0n) is 13.5. The summed E-state index contributed by atoms with van der Waals surface area (Å²) >= 11 is 0. The first-order chi connectivity index (χ1) is 11.8. The van der Waals surface area contributed by atoms with Gasteiger partial charge in [-0.15, -0.1) is 0 Å². The molecule has 0 fully saturated rings. The number of ether oxygens (including phenoxy) is 1. The van der Waals surface area contributed by atoms with Gasteiger partial charge in [-0.25, -0.2) is 17.6 Å². The summed E-state index contributed by atoms with van der Waals surface area (Å²) in [5.74, 6) is -3.84. The normalized spacial score (nSPS) is 11.9. The Morgan fingerprint density at radius 1 is 1.04 bits per heavy atom. The maximum Gasteiger partial charge on any atom is 0.220 e. The monoisotopic (exact) mass is 355 g/mol. The van der Waals surface area contributed by atoms with Crippen LogP contribution < -0.4 is 10.1 Å². The summed E-state index contributed by atoms with van der Waals surface area (Å²) in [4.78, 5) is 11.8. The van der Waals surface area contributed by atoms with Gasteiger partial charge in [0.15, 0.2) is 23.2 Å². The Kier molecular flexibility index (Phi) is 6.38. The van der Waals surface area contributed by atoms with Crippen molar-refractivity contribution in [3.05, 3.63) is 65.2 Å². The zero-order chi connectivity index (χ0) is 18.4. The number of hydrogen-bond donors (Lipinski definition) is 1. The molecule has 3 nitrogen and oxygen atoms in total. The van der Waals surface area contributed by atoms with E-state index in [4.69, 9.17) is 4.74 Å². The van der Waals surface area contributed by atoms with Gasteiger partial charge in [0.1, 0.15) is 12.4 Å². The van der Waals surface area contributed by atoms with Gasteiger partial charge in [-0.05, 0) is 43.2 Å². The molecule has 0 aliphatic carbocycles. The third-order valence-electron chi connectivity index (χ3n) is 3.41. The molecule has 1 amide bonds. The number of hydrogen-bond acceptors (Lipinski definition) is 2. The van der Waals surface area contributed by atoms with Gasteiger partial charge >= 0.3 is 0 Å². The number of carbonyl (C=O) groups is 1. The molecule has 2 aromatic carbocycles. The van der Waals surface area contributed by atoms with Gasteiger partial charge in [0, 0.05) is 12.5 Å². The molecule has 0 heterocycles. The van der Waals surface area contributed by atoms with Gasteiger partial charge in [-0.3, -0.25) is 4.79 Å². The van der Waals surface area contributed by atoms with Crippen LogP contribution in [0.4, 0.5) is 17.6 Å². The van der Waals surface area contributed by atoms with Gasteiger partial charge in [-0.2, -0.15) is 0 Å². The van der Waals surface area contributed by atoms with Crippen LogP contribution >= 0.6 is 0 Å². The van der Waals surface area contributed by atoms with E-state index < -0.39 is 29.3 Å². The van der Waals surface area contributed by atoms with Gasteiger partial charge in [0.25, 0.3) is 0 Å². The molecule has 0 radical (unpaired) electrons. The predicted molar refractivity (Wildman–Crippen MR) is 84.1 cm³/mol. The number of nitrogens with one attached hydrogen (secondary N) is 1. The van der Waals surface area contributed by atoms with E-state index in [0.717, 1.165) is 18.2 Å². The molecular formula is C18H17F4NO2. The highest BCUT2D eigenvalue weighted by Gasteiger charge is 2.11. The van der Waals surface area contributed by atoms with E-state index in [1.165, 1.54) is 12.1 Å². The molecule has 0 aliphatic heterocycles. The number of aryl methyl sites for hydroxylation is 1. The molecule has 0 aliphatic rings. The van der Waals surface area contributed by atoms with Crippen molar-refractivity contribution in [2.24, 2.45) is 0 Å². The topological polar surface area (TPSA) is 38.3 Å². The first-order valence-electron chi connectivity index (χ1n) is 7.66. The van der Waals surface area contributed by atoms with Crippen molar-refractivity contribution in [3.8, 4) is 5.75 Å². The lowest BCUT2D eigenvalue weighted by Crippen LogP contribution is -2.37. The van der Waals surface area contributed by atoms with Crippen molar-refractivity contribution in [3.63, 3.8) is 0 Å². The highest BCUT2D eigenvalue weighted by atomic mass is 19.2. The quantitative estimate of drug-likeness (QED) is 0.768. The fourth-order valence-electron chi connectivity index (χ4n) is 2.15. The number of amides is 1. The van der Waals surface area contributed by atoms with Crippen LogP contribution in [0, 0.1) is 23.3 Å². The van der Waals surface area contributed by atoms with Crippen LogP contribution in [0.25, 0.3) is 0 Å². The Hall–Kier alpha value is -2.57. The zero-order valence-corrected chi connectivity index (χ0v) is 13.5. The van der Waals surface area contributed by atoms with Crippen molar-refractivity contribution in [2.45, 2.75) is 25.8 Å². The van der Waals surface area contributed by atoms with Crippen molar-refractivity contribution >= 4 is 5.91 Å². The van der Waals surface area contributed by atoms with E-state index in [-0.39, 0.29) is 31.1 Å². The first kappa shape index (κ1) is 18.8. The molecule has 2 aromatic rings. The van der Waals surface area contributed by atoms with Crippen molar-refractivity contribution < 1.29 is 27.1 Å². The summed E-state index contributed by atoms with van der Waals surface area (Å²) < 4.78 is 57.3. The fourth-order valence-corrected chi connectivity index (χ4v) is 2.15. The second-order valence-electron chi connectivity index (χ2n) is 5.60. The smallest absolute Gasteiger partial charge is 0.220 e. The number of halogens is 4. The van der Waals surface area contributed by atoms with Gasteiger partial charge in [0.05, 0.1) is 6.04 Å². The van der Waals surface area contributed by atoms with Crippen LogP contribution in [0.5, 0.6) is 5.75 Å². The Labute approximate surface area is 142 Å². The van der Waals surface area contributed by atoms with Gasteiger partial charge in [-0.1, -0.05) is 6.07 Å². The molecule has 0 saturated carbocycles. The summed E-state index contributed by atoms with van der Waals surface area (Å²) in [5.41, 5.74) is 0.506. The van der Waals surface area contributed by atoms with E-state index in [2.05, 4.69) is 5.32 Å². The van der Waals surface area contributed by atoms with Crippen LogP contribution in [0.1, 0.15) is 18.9 Å². The first-order valence-corrected chi connectivity index (χ1v) is 7.66. The molecule has 7 heteroatoms. The molecule has 0 aromatic heterocycles. The predicted octanol–water partition coefficient (Wildman–Crippen LogP) is 3.76. The van der Waals surface area contributed by atoms with Crippen LogP contribution in [0.2, 0.25) is 0 Å². The Morgan fingerprint density at radius 2 is 1.80 bits per heavy atom. The average Bonchev–Trinajstić information content (AvgIpc) is 2.55. The maximum absolute atomic E-state index is 13.4. The Bertz CT molecular complexity index is 752. The maximum atomic E-state index is 13.4. The van der Waals surface area contributed by atoms with Gasteiger partial charge < -0.3 is 10.1 Å². The van der Waals surface area contributed by atoms with E-state index in [9.17, 15) is 22.4 Å².